The lowest BCUT2D eigenvalue weighted by molar-refractivity contribution is 0.0644. The van der Waals surface area contributed by atoms with Gasteiger partial charge in [-0.2, -0.15) is 4.98 Å². The maximum atomic E-state index is 5.79. The zero-order valence-electron chi connectivity index (χ0n) is 14.1. The average Bonchev–Trinajstić information content (AvgIpc) is 3.18. The van der Waals surface area contributed by atoms with Gasteiger partial charge in [0.2, 0.25) is 5.89 Å². The first-order valence-corrected chi connectivity index (χ1v) is 9.08. The van der Waals surface area contributed by atoms with Gasteiger partial charge in [-0.05, 0) is 24.3 Å². The number of aromatic nitrogens is 2. The van der Waals surface area contributed by atoms with Crippen LogP contribution in [0.2, 0.25) is 0 Å². The minimum Gasteiger partial charge on any atom is -0.377 e. The van der Waals surface area contributed by atoms with Crippen LogP contribution in [-0.2, 0) is 23.2 Å². The molecular formula is C17H25N3O2S. The van der Waals surface area contributed by atoms with Crippen molar-refractivity contribution in [2.75, 3.05) is 13.2 Å². The summed E-state index contributed by atoms with van der Waals surface area (Å²) >= 11 is 1.78. The van der Waals surface area contributed by atoms with Crippen molar-refractivity contribution in [1.29, 1.82) is 0 Å². The molecule has 2 aromatic heterocycles. The number of thiophene rings is 1. The first-order chi connectivity index (χ1) is 11.0. The van der Waals surface area contributed by atoms with Crippen LogP contribution in [0.3, 0.4) is 0 Å². The molecule has 126 valence electrons. The minimum absolute atomic E-state index is 0.0884. The van der Waals surface area contributed by atoms with E-state index in [2.05, 4.69) is 53.3 Å². The molecule has 0 aromatic carbocycles. The van der Waals surface area contributed by atoms with Crippen LogP contribution in [0.4, 0.5) is 0 Å². The summed E-state index contributed by atoms with van der Waals surface area (Å²) in [6.07, 6.45) is 2.62. The van der Waals surface area contributed by atoms with E-state index in [-0.39, 0.29) is 5.41 Å². The largest absolute Gasteiger partial charge is 0.377 e. The van der Waals surface area contributed by atoms with Crippen molar-refractivity contribution in [2.24, 2.45) is 0 Å². The van der Waals surface area contributed by atoms with Crippen molar-refractivity contribution >= 4 is 11.3 Å². The standard InChI is InChI=1S/C17H25N3O2S/c1-17(2,3)16-18-15(22-19-16)12-20(10-13-6-4-8-21-13)11-14-7-5-9-23-14/h5,7,9,13H,4,6,8,10-12H2,1-3H3. The quantitative estimate of drug-likeness (QED) is 0.807. The summed E-state index contributed by atoms with van der Waals surface area (Å²) in [5.41, 5.74) is -0.0884. The lowest BCUT2D eigenvalue weighted by atomic mass is 9.96. The van der Waals surface area contributed by atoms with E-state index in [0.29, 0.717) is 18.5 Å². The molecule has 1 fully saturated rings. The molecule has 5 nitrogen and oxygen atoms in total. The second kappa shape index (κ2) is 7.11. The Kier molecular flexibility index (Phi) is 5.14. The third kappa shape index (κ3) is 4.62. The van der Waals surface area contributed by atoms with Crippen LogP contribution in [0.5, 0.6) is 0 Å². The van der Waals surface area contributed by atoms with E-state index in [9.17, 15) is 0 Å². The molecule has 1 atom stereocenters. The van der Waals surface area contributed by atoms with Gasteiger partial charge in [0, 0.05) is 30.0 Å². The molecule has 0 N–H and O–H groups in total. The molecule has 3 rings (SSSR count). The molecule has 0 saturated carbocycles. The van der Waals surface area contributed by atoms with Crippen molar-refractivity contribution in [2.45, 2.75) is 58.2 Å². The first kappa shape index (κ1) is 16.6. The SMILES string of the molecule is CC(C)(C)c1noc(CN(Cc2cccs2)CC2CCCO2)n1. The molecule has 1 aliphatic heterocycles. The third-order valence-corrected chi connectivity index (χ3v) is 4.80. The lowest BCUT2D eigenvalue weighted by Crippen LogP contribution is -2.31. The molecule has 1 saturated heterocycles. The summed E-state index contributed by atoms with van der Waals surface area (Å²) < 4.78 is 11.3. The second-order valence-electron chi connectivity index (χ2n) is 7.15. The summed E-state index contributed by atoms with van der Waals surface area (Å²) in [6, 6.07) is 4.26. The predicted molar refractivity (Wildman–Crippen MR) is 90.4 cm³/mol. The fourth-order valence-electron chi connectivity index (χ4n) is 2.70. The smallest absolute Gasteiger partial charge is 0.240 e. The average molecular weight is 335 g/mol. The van der Waals surface area contributed by atoms with Crippen molar-refractivity contribution in [3.8, 4) is 0 Å². The van der Waals surface area contributed by atoms with E-state index in [0.717, 1.165) is 38.4 Å². The molecule has 2 aromatic rings. The molecule has 23 heavy (non-hydrogen) atoms. The van der Waals surface area contributed by atoms with E-state index >= 15 is 0 Å². The van der Waals surface area contributed by atoms with Crippen molar-refractivity contribution in [1.82, 2.24) is 15.0 Å². The summed E-state index contributed by atoms with van der Waals surface area (Å²) in [7, 11) is 0. The molecule has 0 radical (unpaired) electrons. The van der Waals surface area contributed by atoms with Crippen molar-refractivity contribution in [3.05, 3.63) is 34.1 Å². The van der Waals surface area contributed by atoms with E-state index in [1.807, 2.05) is 0 Å². The zero-order valence-corrected chi connectivity index (χ0v) is 14.9. The third-order valence-electron chi connectivity index (χ3n) is 3.94. The Morgan fingerprint density at radius 2 is 2.22 bits per heavy atom. The molecule has 0 aliphatic carbocycles. The fraction of sp³-hybridized carbons (Fsp3) is 0.647. The predicted octanol–water partition coefficient (Wildman–Crippen LogP) is 3.61. The van der Waals surface area contributed by atoms with Crippen LogP contribution in [0.1, 0.15) is 50.2 Å². The van der Waals surface area contributed by atoms with Gasteiger partial charge in [0.1, 0.15) is 0 Å². The van der Waals surface area contributed by atoms with E-state index in [1.54, 1.807) is 11.3 Å². The van der Waals surface area contributed by atoms with Gasteiger partial charge in [0.05, 0.1) is 12.6 Å². The van der Waals surface area contributed by atoms with Gasteiger partial charge in [0.15, 0.2) is 5.82 Å². The van der Waals surface area contributed by atoms with Crippen LogP contribution in [0, 0.1) is 0 Å². The maximum Gasteiger partial charge on any atom is 0.240 e. The van der Waals surface area contributed by atoms with Gasteiger partial charge in [-0.15, -0.1) is 11.3 Å². The normalized spacial score (nSPS) is 18.9. The number of nitrogens with zero attached hydrogens (tertiary/aromatic N) is 3. The van der Waals surface area contributed by atoms with Crippen molar-refractivity contribution < 1.29 is 9.26 Å². The van der Waals surface area contributed by atoms with Gasteiger partial charge < -0.3 is 9.26 Å². The monoisotopic (exact) mass is 335 g/mol. The molecule has 0 bridgehead atoms. The van der Waals surface area contributed by atoms with Gasteiger partial charge >= 0.3 is 0 Å². The second-order valence-corrected chi connectivity index (χ2v) is 8.18. The number of rotatable bonds is 6. The highest BCUT2D eigenvalue weighted by Gasteiger charge is 2.24. The van der Waals surface area contributed by atoms with E-state index in [4.69, 9.17) is 9.26 Å². The van der Waals surface area contributed by atoms with E-state index < -0.39 is 0 Å². The Labute approximate surface area is 141 Å². The minimum atomic E-state index is -0.0884. The molecule has 6 heteroatoms. The van der Waals surface area contributed by atoms with Crippen LogP contribution in [-0.4, -0.2) is 34.3 Å². The van der Waals surface area contributed by atoms with Crippen LogP contribution >= 0.6 is 11.3 Å². The zero-order chi connectivity index (χ0) is 16.3. The highest BCUT2D eigenvalue weighted by molar-refractivity contribution is 7.09. The Balaban J connectivity index is 1.68. The summed E-state index contributed by atoms with van der Waals surface area (Å²) in [5.74, 6) is 1.45. The highest BCUT2D eigenvalue weighted by Crippen LogP contribution is 2.21. The molecule has 0 spiro atoms. The van der Waals surface area contributed by atoms with Gasteiger partial charge in [-0.1, -0.05) is 32.0 Å². The molecule has 3 heterocycles. The van der Waals surface area contributed by atoms with Crippen LogP contribution < -0.4 is 0 Å². The summed E-state index contributed by atoms with van der Waals surface area (Å²) in [5, 5.41) is 6.24. The molecule has 1 unspecified atom stereocenters. The number of hydrogen-bond acceptors (Lipinski definition) is 6. The lowest BCUT2D eigenvalue weighted by Gasteiger charge is -2.23. The Morgan fingerprint density at radius 3 is 2.83 bits per heavy atom. The molecule has 0 amide bonds. The van der Waals surface area contributed by atoms with Crippen molar-refractivity contribution in [3.63, 3.8) is 0 Å². The molecule has 1 aliphatic rings. The summed E-state index contributed by atoms with van der Waals surface area (Å²) in [6.45, 7) is 9.63. The topological polar surface area (TPSA) is 51.4 Å². The Morgan fingerprint density at radius 1 is 1.35 bits per heavy atom. The van der Waals surface area contributed by atoms with Crippen LogP contribution in [0.15, 0.2) is 22.0 Å². The Hall–Kier alpha value is -1.24. The van der Waals surface area contributed by atoms with Crippen LogP contribution in [0.25, 0.3) is 0 Å². The highest BCUT2D eigenvalue weighted by atomic mass is 32.1. The van der Waals surface area contributed by atoms with Gasteiger partial charge in [0.25, 0.3) is 0 Å². The number of hydrogen-bond donors (Lipinski definition) is 0. The Bertz CT molecular complexity index is 598. The summed E-state index contributed by atoms with van der Waals surface area (Å²) in [4.78, 5) is 8.26. The fourth-order valence-corrected chi connectivity index (χ4v) is 3.45. The van der Waals surface area contributed by atoms with E-state index in [1.165, 1.54) is 4.88 Å². The van der Waals surface area contributed by atoms with Gasteiger partial charge in [-0.25, -0.2) is 0 Å². The number of ether oxygens (including phenoxy) is 1. The first-order valence-electron chi connectivity index (χ1n) is 8.20. The molecular weight excluding hydrogens is 310 g/mol. The van der Waals surface area contributed by atoms with Gasteiger partial charge in [-0.3, -0.25) is 4.90 Å². The maximum absolute atomic E-state index is 5.79.